The molecule has 1 heterocycles. The average molecular weight is 291 g/mol. The fourth-order valence-corrected chi connectivity index (χ4v) is 2.78. The highest BCUT2D eigenvalue weighted by Gasteiger charge is 2.15. The summed E-state index contributed by atoms with van der Waals surface area (Å²) < 4.78 is 25.9. The van der Waals surface area contributed by atoms with Crippen LogP contribution in [0, 0.1) is 20.7 Å². The molecule has 110 valence electrons. The maximum atomic E-state index is 7.94. The lowest BCUT2D eigenvalue weighted by Gasteiger charge is -2.12. The standard InChI is InChI=1S/C21H22N/c1-15-10-11-22(4)21(12-15)20-14-19(16(2)13-17(20)3)18-8-6-5-7-9-18/h5-14H,1-4H3/q+1/i2D3. The van der Waals surface area contributed by atoms with E-state index in [1.54, 1.807) is 0 Å². The van der Waals surface area contributed by atoms with Crippen molar-refractivity contribution in [3.63, 3.8) is 0 Å². The maximum absolute atomic E-state index is 7.94. The number of pyridine rings is 1. The lowest BCUT2D eigenvalue weighted by molar-refractivity contribution is -0.660. The molecule has 0 aliphatic heterocycles. The van der Waals surface area contributed by atoms with Crippen LogP contribution in [0.5, 0.6) is 0 Å². The van der Waals surface area contributed by atoms with Crippen molar-refractivity contribution < 1.29 is 8.68 Å². The summed E-state index contributed by atoms with van der Waals surface area (Å²) in [5.41, 5.74) is 6.36. The largest absolute Gasteiger partial charge is 0.212 e. The second-order valence-corrected chi connectivity index (χ2v) is 5.78. The summed E-state index contributed by atoms with van der Waals surface area (Å²) in [6, 6.07) is 17.7. The molecule has 0 amide bonds. The predicted molar refractivity (Wildman–Crippen MR) is 92.7 cm³/mol. The van der Waals surface area contributed by atoms with Gasteiger partial charge >= 0.3 is 0 Å². The number of aryl methyl sites for hydroxylation is 4. The Hall–Kier alpha value is -2.41. The van der Waals surface area contributed by atoms with Gasteiger partial charge in [-0.2, -0.15) is 0 Å². The molecule has 0 spiro atoms. The zero-order valence-corrected chi connectivity index (χ0v) is 13.2. The van der Waals surface area contributed by atoms with E-state index in [4.69, 9.17) is 4.11 Å². The van der Waals surface area contributed by atoms with Gasteiger partial charge in [-0.1, -0.05) is 36.4 Å². The van der Waals surface area contributed by atoms with Gasteiger partial charge in [0.25, 0.3) is 0 Å². The van der Waals surface area contributed by atoms with Gasteiger partial charge in [-0.3, -0.25) is 0 Å². The zero-order valence-electron chi connectivity index (χ0n) is 16.2. The Kier molecular flexibility index (Phi) is 2.93. The summed E-state index contributed by atoms with van der Waals surface area (Å²) in [7, 11) is 2.01. The third-order valence-corrected chi connectivity index (χ3v) is 4.03. The number of aromatic nitrogens is 1. The summed E-state index contributed by atoms with van der Waals surface area (Å²) >= 11 is 0. The SMILES string of the molecule is [2H]C([2H])([2H])c1cc(C)c(-c2cc(C)cc[n+]2C)cc1-c1ccccc1. The fourth-order valence-electron chi connectivity index (χ4n) is 2.78. The Balaban J connectivity index is 2.31. The second kappa shape index (κ2) is 5.76. The van der Waals surface area contributed by atoms with Crippen molar-refractivity contribution in [3.05, 3.63) is 77.5 Å². The molecule has 0 aliphatic rings. The molecule has 0 radical (unpaired) electrons. The highest BCUT2D eigenvalue weighted by Crippen LogP contribution is 2.31. The molecule has 22 heavy (non-hydrogen) atoms. The Labute approximate surface area is 137 Å². The molecular formula is C21H22N+. The third-order valence-electron chi connectivity index (χ3n) is 4.03. The van der Waals surface area contributed by atoms with Gasteiger partial charge in [-0.05, 0) is 54.6 Å². The third kappa shape index (κ3) is 2.67. The molecule has 0 bridgehead atoms. The number of benzene rings is 2. The van der Waals surface area contributed by atoms with E-state index in [9.17, 15) is 0 Å². The topological polar surface area (TPSA) is 3.88 Å². The van der Waals surface area contributed by atoms with Crippen LogP contribution in [0.2, 0.25) is 0 Å². The van der Waals surface area contributed by atoms with Crippen LogP contribution in [0.3, 0.4) is 0 Å². The van der Waals surface area contributed by atoms with Gasteiger partial charge in [-0.15, -0.1) is 0 Å². The van der Waals surface area contributed by atoms with Crippen molar-refractivity contribution in [3.8, 4) is 22.4 Å². The van der Waals surface area contributed by atoms with Crippen LogP contribution in [0.15, 0.2) is 60.8 Å². The van der Waals surface area contributed by atoms with Crippen molar-refractivity contribution in [2.24, 2.45) is 7.05 Å². The number of hydrogen-bond acceptors (Lipinski definition) is 0. The van der Waals surface area contributed by atoms with Crippen LogP contribution in [-0.4, -0.2) is 0 Å². The Bertz CT molecular complexity index is 912. The molecule has 0 N–H and O–H groups in total. The van der Waals surface area contributed by atoms with Gasteiger partial charge in [0.1, 0.15) is 7.05 Å². The van der Waals surface area contributed by atoms with Gasteiger partial charge in [0, 0.05) is 21.8 Å². The molecule has 3 rings (SSSR count). The van der Waals surface area contributed by atoms with Crippen LogP contribution < -0.4 is 4.57 Å². The highest BCUT2D eigenvalue weighted by atomic mass is 14.9. The molecule has 0 aliphatic carbocycles. The quantitative estimate of drug-likeness (QED) is 0.599. The van der Waals surface area contributed by atoms with E-state index in [2.05, 4.69) is 23.6 Å². The van der Waals surface area contributed by atoms with E-state index < -0.39 is 6.85 Å². The van der Waals surface area contributed by atoms with Crippen LogP contribution >= 0.6 is 0 Å². The highest BCUT2D eigenvalue weighted by molar-refractivity contribution is 5.75. The molecular weight excluding hydrogens is 266 g/mol. The molecule has 0 fully saturated rings. The van der Waals surface area contributed by atoms with E-state index >= 15 is 0 Å². The zero-order chi connectivity index (χ0) is 18.2. The molecule has 3 aromatic rings. The second-order valence-electron chi connectivity index (χ2n) is 5.78. The maximum Gasteiger partial charge on any atom is 0.212 e. The van der Waals surface area contributed by atoms with Crippen molar-refractivity contribution in [1.82, 2.24) is 0 Å². The normalized spacial score (nSPS) is 13.3. The van der Waals surface area contributed by atoms with Gasteiger partial charge < -0.3 is 0 Å². The molecule has 1 nitrogen and oxygen atoms in total. The van der Waals surface area contributed by atoms with Gasteiger partial charge in [0.2, 0.25) is 5.69 Å². The summed E-state index contributed by atoms with van der Waals surface area (Å²) in [5, 5.41) is 0. The van der Waals surface area contributed by atoms with Crippen molar-refractivity contribution in [2.45, 2.75) is 20.7 Å². The minimum Gasteiger partial charge on any atom is -0.201 e. The van der Waals surface area contributed by atoms with Gasteiger partial charge in [-0.25, -0.2) is 4.57 Å². The van der Waals surface area contributed by atoms with Crippen molar-refractivity contribution in [2.75, 3.05) is 0 Å². The lowest BCUT2D eigenvalue weighted by Crippen LogP contribution is -2.30. The molecule has 0 atom stereocenters. The van der Waals surface area contributed by atoms with Crippen LogP contribution in [-0.2, 0) is 7.05 Å². The fraction of sp³-hybridized carbons (Fsp3) is 0.190. The molecule has 1 heteroatoms. The first-order valence-electron chi connectivity index (χ1n) is 8.94. The summed E-state index contributed by atoms with van der Waals surface area (Å²) in [4.78, 5) is 0. The first kappa shape index (κ1) is 11.2. The predicted octanol–water partition coefficient (Wildman–Crippen LogP) is 4.77. The number of nitrogens with zero attached hydrogens (tertiary/aromatic N) is 1. The molecule has 0 unspecified atom stereocenters. The van der Waals surface area contributed by atoms with E-state index in [1.165, 1.54) is 5.56 Å². The Morgan fingerprint density at radius 3 is 2.36 bits per heavy atom. The monoisotopic (exact) mass is 291 g/mol. The smallest absolute Gasteiger partial charge is 0.201 e. The van der Waals surface area contributed by atoms with Crippen molar-refractivity contribution in [1.29, 1.82) is 0 Å². The van der Waals surface area contributed by atoms with Crippen LogP contribution in [0.1, 0.15) is 20.8 Å². The van der Waals surface area contributed by atoms with Crippen LogP contribution in [0.25, 0.3) is 22.4 Å². The van der Waals surface area contributed by atoms with Crippen molar-refractivity contribution >= 4 is 0 Å². The number of rotatable bonds is 2. The molecule has 1 aromatic heterocycles. The molecule has 0 saturated heterocycles. The lowest BCUT2D eigenvalue weighted by atomic mass is 9.93. The van der Waals surface area contributed by atoms with Crippen LogP contribution in [0.4, 0.5) is 0 Å². The summed E-state index contributed by atoms with van der Waals surface area (Å²) in [6.07, 6.45) is 2.03. The average Bonchev–Trinajstić information content (AvgIpc) is 2.57. The summed E-state index contributed by atoms with van der Waals surface area (Å²) in [5.74, 6) is 0. The Morgan fingerprint density at radius 2 is 1.64 bits per heavy atom. The van der Waals surface area contributed by atoms with Gasteiger partial charge in [0.05, 0.1) is 0 Å². The first-order valence-corrected chi connectivity index (χ1v) is 7.44. The molecule has 2 aromatic carbocycles. The minimum atomic E-state index is -2.15. The van der Waals surface area contributed by atoms with E-state index in [0.29, 0.717) is 5.56 Å². The minimum absolute atomic E-state index is 0.398. The molecule has 0 saturated carbocycles. The van der Waals surface area contributed by atoms with Gasteiger partial charge in [0.15, 0.2) is 6.20 Å². The van der Waals surface area contributed by atoms with E-state index in [0.717, 1.165) is 27.9 Å². The van der Waals surface area contributed by atoms with E-state index in [-0.39, 0.29) is 0 Å². The van der Waals surface area contributed by atoms with E-state index in [1.807, 2.05) is 62.6 Å². The Morgan fingerprint density at radius 1 is 0.864 bits per heavy atom. The summed E-state index contributed by atoms with van der Waals surface area (Å²) in [6.45, 7) is 1.89. The number of hydrogen-bond donors (Lipinski definition) is 0. The first-order chi connectivity index (χ1) is 11.8.